The highest BCUT2D eigenvalue weighted by Gasteiger charge is 2.46. The summed E-state index contributed by atoms with van der Waals surface area (Å²) in [5, 5.41) is 0. The van der Waals surface area contributed by atoms with Gasteiger partial charge in [-0.15, -0.1) is 0 Å². The molecule has 0 atom stereocenters. The van der Waals surface area contributed by atoms with Gasteiger partial charge in [0, 0.05) is 5.69 Å². The number of hydrogen-bond donors (Lipinski definition) is 0. The molecular formula is C35H31N. The van der Waals surface area contributed by atoms with Gasteiger partial charge in [0.2, 0.25) is 0 Å². The number of para-hydroxylation sites is 2. The van der Waals surface area contributed by atoms with Crippen molar-refractivity contribution >= 4 is 17.1 Å². The average Bonchev–Trinajstić information content (AvgIpc) is 2.92. The largest absolute Gasteiger partial charge is 0.310 e. The van der Waals surface area contributed by atoms with Gasteiger partial charge in [-0.25, -0.2) is 0 Å². The number of nitrogens with zero attached hydrogens (tertiary/aromatic N) is 1. The smallest absolute Gasteiger partial charge is 0.0742 e. The SMILES string of the molecule is CC(C)(C)c1ccc(N2c3ccccc3C(c3ccccc3)(c3ccccc3)c3ccccc32)cc1. The van der Waals surface area contributed by atoms with E-state index in [1.165, 1.54) is 44.9 Å². The van der Waals surface area contributed by atoms with Gasteiger partial charge in [-0.3, -0.25) is 0 Å². The van der Waals surface area contributed by atoms with Crippen molar-refractivity contribution in [2.24, 2.45) is 0 Å². The Kier molecular flexibility index (Phi) is 5.30. The Hall–Kier alpha value is -4.10. The van der Waals surface area contributed by atoms with Gasteiger partial charge < -0.3 is 4.90 Å². The summed E-state index contributed by atoms with van der Waals surface area (Å²) < 4.78 is 0. The second kappa shape index (κ2) is 8.53. The van der Waals surface area contributed by atoms with Gasteiger partial charge in [-0.05, 0) is 57.5 Å². The van der Waals surface area contributed by atoms with Crippen LogP contribution < -0.4 is 4.90 Å². The van der Waals surface area contributed by atoms with Crippen LogP contribution in [0, 0.1) is 0 Å². The summed E-state index contributed by atoms with van der Waals surface area (Å²) >= 11 is 0. The molecule has 0 saturated carbocycles. The Morgan fingerprint density at radius 1 is 0.472 bits per heavy atom. The molecule has 0 amide bonds. The lowest BCUT2D eigenvalue weighted by Gasteiger charge is -2.46. The first-order valence-electron chi connectivity index (χ1n) is 12.7. The minimum Gasteiger partial charge on any atom is -0.310 e. The Morgan fingerprint density at radius 2 is 0.889 bits per heavy atom. The number of fused-ring (bicyclic) bond motifs is 2. The minimum atomic E-state index is -0.419. The summed E-state index contributed by atoms with van der Waals surface area (Å²) in [6, 6.07) is 48.8. The van der Waals surface area contributed by atoms with Crippen LogP contribution in [-0.4, -0.2) is 0 Å². The summed E-state index contributed by atoms with van der Waals surface area (Å²) in [4.78, 5) is 2.43. The summed E-state index contributed by atoms with van der Waals surface area (Å²) in [5.74, 6) is 0. The van der Waals surface area contributed by atoms with Crippen LogP contribution in [0.15, 0.2) is 133 Å². The number of anilines is 3. The van der Waals surface area contributed by atoms with Gasteiger partial charge in [0.15, 0.2) is 0 Å². The molecule has 0 aliphatic carbocycles. The van der Waals surface area contributed by atoms with Crippen molar-refractivity contribution in [2.45, 2.75) is 31.6 Å². The molecule has 0 unspecified atom stereocenters. The number of rotatable bonds is 3. The normalized spacial score (nSPS) is 14.1. The third kappa shape index (κ3) is 3.38. The van der Waals surface area contributed by atoms with Gasteiger partial charge in [-0.2, -0.15) is 0 Å². The molecule has 36 heavy (non-hydrogen) atoms. The maximum Gasteiger partial charge on any atom is 0.0742 e. The molecule has 0 radical (unpaired) electrons. The van der Waals surface area contributed by atoms with Gasteiger partial charge >= 0.3 is 0 Å². The van der Waals surface area contributed by atoms with E-state index >= 15 is 0 Å². The zero-order chi connectivity index (χ0) is 24.8. The Bertz CT molecular complexity index is 1400. The zero-order valence-electron chi connectivity index (χ0n) is 21.1. The fourth-order valence-electron chi connectivity index (χ4n) is 5.80. The second-order valence-electron chi connectivity index (χ2n) is 10.6. The molecular weight excluding hydrogens is 434 g/mol. The maximum atomic E-state index is 2.43. The molecule has 0 aromatic heterocycles. The van der Waals surface area contributed by atoms with Crippen molar-refractivity contribution in [1.29, 1.82) is 0 Å². The van der Waals surface area contributed by atoms with E-state index < -0.39 is 5.41 Å². The molecule has 1 heteroatoms. The highest BCUT2D eigenvalue weighted by atomic mass is 15.2. The van der Waals surface area contributed by atoms with E-state index in [2.05, 4.69) is 159 Å². The third-order valence-electron chi connectivity index (χ3n) is 7.50. The van der Waals surface area contributed by atoms with Crippen LogP contribution in [0.1, 0.15) is 48.6 Å². The van der Waals surface area contributed by atoms with E-state index in [-0.39, 0.29) is 5.41 Å². The second-order valence-corrected chi connectivity index (χ2v) is 10.6. The average molecular weight is 466 g/mol. The molecule has 0 fully saturated rings. The summed E-state index contributed by atoms with van der Waals surface area (Å²) in [6.07, 6.45) is 0. The van der Waals surface area contributed by atoms with Crippen molar-refractivity contribution in [3.05, 3.63) is 161 Å². The molecule has 0 N–H and O–H groups in total. The minimum absolute atomic E-state index is 0.117. The molecule has 1 heterocycles. The van der Waals surface area contributed by atoms with E-state index in [1.807, 2.05) is 0 Å². The van der Waals surface area contributed by atoms with Crippen molar-refractivity contribution in [3.8, 4) is 0 Å². The molecule has 5 aromatic rings. The Balaban J connectivity index is 1.68. The summed E-state index contributed by atoms with van der Waals surface area (Å²) in [5.41, 5.74) is 9.79. The van der Waals surface area contributed by atoms with E-state index in [0.717, 1.165) is 0 Å². The summed E-state index contributed by atoms with van der Waals surface area (Å²) in [7, 11) is 0. The maximum absolute atomic E-state index is 2.43. The van der Waals surface area contributed by atoms with Crippen LogP contribution in [0.3, 0.4) is 0 Å². The van der Waals surface area contributed by atoms with E-state index in [4.69, 9.17) is 0 Å². The lowest BCUT2D eigenvalue weighted by Crippen LogP contribution is -2.37. The van der Waals surface area contributed by atoms with Crippen LogP contribution in [0.25, 0.3) is 0 Å². The molecule has 0 spiro atoms. The van der Waals surface area contributed by atoms with Gasteiger partial charge in [-0.1, -0.05) is 130 Å². The Morgan fingerprint density at radius 3 is 1.33 bits per heavy atom. The number of benzene rings is 5. The molecule has 1 aliphatic heterocycles. The predicted octanol–water partition coefficient (Wildman–Crippen LogP) is 9.15. The first kappa shape index (κ1) is 22.4. The number of hydrogen-bond acceptors (Lipinski definition) is 1. The van der Waals surface area contributed by atoms with Crippen LogP contribution >= 0.6 is 0 Å². The van der Waals surface area contributed by atoms with Crippen LogP contribution in [0.5, 0.6) is 0 Å². The monoisotopic (exact) mass is 465 g/mol. The molecule has 1 aliphatic rings. The molecule has 0 saturated heterocycles. The fourth-order valence-corrected chi connectivity index (χ4v) is 5.80. The topological polar surface area (TPSA) is 3.24 Å². The van der Waals surface area contributed by atoms with Gasteiger partial charge in [0.05, 0.1) is 16.8 Å². The lowest BCUT2D eigenvalue weighted by atomic mass is 9.62. The summed E-state index contributed by atoms with van der Waals surface area (Å²) in [6.45, 7) is 6.80. The predicted molar refractivity (Wildman–Crippen MR) is 152 cm³/mol. The highest BCUT2D eigenvalue weighted by Crippen LogP contribution is 2.57. The standard InChI is InChI=1S/C35H31N/c1-34(2,3)26-22-24-29(25-23-26)36-32-20-12-10-18-30(32)35(27-14-6-4-7-15-27,28-16-8-5-9-17-28)31-19-11-13-21-33(31)36/h4-25H,1-3H3. The van der Waals surface area contributed by atoms with E-state index in [9.17, 15) is 0 Å². The van der Waals surface area contributed by atoms with Crippen LogP contribution in [0.4, 0.5) is 17.1 Å². The van der Waals surface area contributed by atoms with E-state index in [0.29, 0.717) is 0 Å². The van der Waals surface area contributed by atoms with Crippen LogP contribution in [-0.2, 0) is 10.8 Å². The van der Waals surface area contributed by atoms with Gasteiger partial charge in [0.25, 0.3) is 0 Å². The first-order chi connectivity index (χ1) is 17.5. The molecule has 1 nitrogen and oxygen atoms in total. The lowest BCUT2D eigenvalue weighted by molar-refractivity contribution is 0.590. The zero-order valence-corrected chi connectivity index (χ0v) is 21.1. The Labute approximate surface area is 214 Å². The molecule has 176 valence electrons. The molecule has 6 rings (SSSR count). The van der Waals surface area contributed by atoms with Crippen LogP contribution in [0.2, 0.25) is 0 Å². The fraction of sp³-hybridized carbons (Fsp3) is 0.143. The quantitative estimate of drug-likeness (QED) is 0.252. The van der Waals surface area contributed by atoms with E-state index in [1.54, 1.807) is 0 Å². The van der Waals surface area contributed by atoms with Crippen molar-refractivity contribution in [2.75, 3.05) is 4.90 Å². The van der Waals surface area contributed by atoms with Crippen molar-refractivity contribution in [1.82, 2.24) is 0 Å². The van der Waals surface area contributed by atoms with Crippen molar-refractivity contribution < 1.29 is 0 Å². The first-order valence-corrected chi connectivity index (χ1v) is 12.7. The molecule has 5 aromatic carbocycles. The van der Waals surface area contributed by atoms with Crippen molar-refractivity contribution in [3.63, 3.8) is 0 Å². The van der Waals surface area contributed by atoms with Gasteiger partial charge in [0.1, 0.15) is 0 Å². The third-order valence-corrected chi connectivity index (χ3v) is 7.50. The molecule has 0 bridgehead atoms. The highest BCUT2D eigenvalue weighted by molar-refractivity contribution is 5.89.